The standard InChI is InChI=1S/C8H10.C7H16.C4H8O/c1-7-5-3-4-6-8(7)2;1-3-5-7-6-4-2;1-3-4(2)5/h3-6H,1-2H3;3-7H2,1-2H3;3H2,1-2H3. The Hall–Kier alpha value is -1.11. The lowest BCUT2D eigenvalue weighted by Crippen LogP contribution is -1.80. The van der Waals surface area contributed by atoms with Crippen molar-refractivity contribution >= 4 is 5.78 Å². The lowest BCUT2D eigenvalue weighted by atomic mass is 10.1. The fraction of sp³-hybridized carbons (Fsp3) is 0.632. The van der Waals surface area contributed by atoms with Crippen LogP contribution in [-0.2, 0) is 4.79 Å². The van der Waals surface area contributed by atoms with Crippen LogP contribution >= 0.6 is 0 Å². The molecule has 20 heavy (non-hydrogen) atoms. The maximum absolute atomic E-state index is 9.81. The van der Waals surface area contributed by atoms with E-state index in [2.05, 4.69) is 52.0 Å². The van der Waals surface area contributed by atoms with Crippen LogP contribution in [0, 0.1) is 13.8 Å². The van der Waals surface area contributed by atoms with Gasteiger partial charge in [0.15, 0.2) is 0 Å². The van der Waals surface area contributed by atoms with Crippen molar-refractivity contribution in [3.63, 3.8) is 0 Å². The zero-order valence-electron chi connectivity index (χ0n) is 14.5. The third-order valence-electron chi connectivity index (χ3n) is 3.13. The molecule has 0 saturated carbocycles. The molecule has 0 aromatic heterocycles. The molecule has 0 fully saturated rings. The molecule has 0 spiro atoms. The van der Waals surface area contributed by atoms with Crippen molar-refractivity contribution in [1.29, 1.82) is 0 Å². The van der Waals surface area contributed by atoms with E-state index >= 15 is 0 Å². The molecule has 1 aromatic rings. The van der Waals surface area contributed by atoms with Crippen LogP contribution < -0.4 is 0 Å². The number of aryl methyl sites for hydroxylation is 2. The average Bonchev–Trinajstić information content (AvgIpc) is 2.44. The first kappa shape index (κ1) is 21.2. The first-order valence-electron chi connectivity index (χ1n) is 8.01. The first-order valence-corrected chi connectivity index (χ1v) is 8.01. The van der Waals surface area contributed by atoms with Crippen LogP contribution in [0.4, 0.5) is 0 Å². The maximum atomic E-state index is 9.81. The molecule has 0 radical (unpaired) electrons. The van der Waals surface area contributed by atoms with Gasteiger partial charge in [0.25, 0.3) is 0 Å². The summed E-state index contributed by atoms with van der Waals surface area (Å²) >= 11 is 0. The molecule has 1 rings (SSSR count). The SMILES string of the molecule is CCC(C)=O.CCCCCCC.Cc1ccccc1C. The molecule has 1 aromatic carbocycles. The Kier molecular flexibility index (Phi) is 16.9. The minimum Gasteiger partial charge on any atom is -0.300 e. The third kappa shape index (κ3) is 16.9. The van der Waals surface area contributed by atoms with E-state index in [9.17, 15) is 4.79 Å². The summed E-state index contributed by atoms with van der Waals surface area (Å²) in [4.78, 5) is 9.81. The largest absolute Gasteiger partial charge is 0.300 e. The monoisotopic (exact) mass is 278 g/mol. The van der Waals surface area contributed by atoms with Gasteiger partial charge in [-0.2, -0.15) is 0 Å². The Balaban J connectivity index is 0. The van der Waals surface area contributed by atoms with Crippen LogP contribution in [0.5, 0.6) is 0 Å². The number of carbonyl (C=O) groups excluding carboxylic acids is 1. The van der Waals surface area contributed by atoms with Crippen molar-refractivity contribution in [2.75, 3.05) is 0 Å². The number of ketones is 1. The van der Waals surface area contributed by atoms with E-state index in [1.807, 2.05) is 6.92 Å². The number of unbranched alkanes of at least 4 members (excludes halogenated alkanes) is 4. The van der Waals surface area contributed by atoms with Gasteiger partial charge in [-0.25, -0.2) is 0 Å². The predicted molar refractivity (Wildman–Crippen MR) is 91.3 cm³/mol. The van der Waals surface area contributed by atoms with Gasteiger partial charge in [0.2, 0.25) is 0 Å². The summed E-state index contributed by atoms with van der Waals surface area (Å²) in [7, 11) is 0. The molecule has 0 aliphatic rings. The van der Waals surface area contributed by atoms with Gasteiger partial charge in [0, 0.05) is 6.42 Å². The number of Topliss-reactive ketones (excluding diaryl/α,β-unsaturated/α-hetero) is 1. The van der Waals surface area contributed by atoms with Crippen molar-refractivity contribution < 1.29 is 4.79 Å². The van der Waals surface area contributed by atoms with Gasteiger partial charge in [-0.05, 0) is 31.9 Å². The molecule has 0 heterocycles. The van der Waals surface area contributed by atoms with Crippen LogP contribution in [0.1, 0.15) is 77.3 Å². The van der Waals surface area contributed by atoms with Crippen LogP contribution in [0.2, 0.25) is 0 Å². The van der Waals surface area contributed by atoms with Crippen molar-refractivity contribution in [3.8, 4) is 0 Å². The summed E-state index contributed by atoms with van der Waals surface area (Å²) < 4.78 is 0. The van der Waals surface area contributed by atoms with E-state index in [1.165, 1.54) is 43.2 Å². The fourth-order valence-electron chi connectivity index (χ4n) is 1.34. The van der Waals surface area contributed by atoms with Gasteiger partial charge >= 0.3 is 0 Å². The van der Waals surface area contributed by atoms with Gasteiger partial charge in [-0.3, -0.25) is 0 Å². The number of hydrogen-bond acceptors (Lipinski definition) is 1. The quantitative estimate of drug-likeness (QED) is 0.580. The van der Waals surface area contributed by atoms with Gasteiger partial charge < -0.3 is 4.79 Å². The maximum Gasteiger partial charge on any atom is 0.129 e. The van der Waals surface area contributed by atoms with Crippen LogP contribution in [-0.4, -0.2) is 5.78 Å². The summed E-state index contributed by atoms with van der Waals surface area (Å²) in [5, 5.41) is 0. The number of benzene rings is 1. The summed E-state index contributed by atoms with van der Waals surface area (Å²) in [6, 6.07) is 8.36. The van der Waals surface area contributed by atoms with Gasteiger partial charge in [-0.1, -0.05) is 77.1 Å². The Bertz CT molecular complexity index is 303. The summed E-state index contributed by atoms with van der Waals surface area (Å²) in [5.74, 6) is 0.255. The molecule has 0 saturated heterocycles. The highest BCUT2D eigenvalue weighted by atomic mass is 16.1. The normalized spacial score (nSPS) is 8.90. The lowest BCUT2D eigenvalue weighted by Gasteiger charge is -1.93. The topological polar surface area (TPSA) is 17.1 Å². The Morgan fingerprint density at radius 3 is 1.40 bits per heavy atom. The first-order chi connectivity index (χ1) is 9.49. The highest BCUT2D eigenvalue weighted by Crippen LogP contribution is 2.02. The zero-order chi connectivity index (χ0) is 15.8. The third-order valence-corrected chi connectivity index (χ3v) is 3.13. The number of rotatable bonds is 5. The molecule has 0 amide bonds. The van der Waals surface area contributed by atoms with Crippen LogP contribution in [0.25, 0.3) is 0 Å². The molecule has 0 N–H and O–H groups in total. The Labute approximate surface area is 126 Å². The van der Waals surface area contributed by atoms with Crippen LogP contribution in [0.15, 0.2) is 24.3 Å². The summed E-state index contributed by atoms with van der Waals surface area (Å²) in [5.41, 5.74) is 2.74. The predicted octanol–water partition coefficient (Wildman–Crippen LogP) is 6.27. The molecule has 1 heteroatoms. The zero-order valence-corrected chi connectivity index (χ0v) is 14.5. The van der Waals surface area contributed by atoms with E-state index in [4.69, 9.17) is 0 Å². The fourth-order valence-corrected chi connectivity index (χ4v) is 1.34. The highest BCUT2D eigenvalue weighted by molar-refractivity contribution is 5.74. The molecular weight excluding hydrogens is 244 g/mol. The van der Waals surface area contributed by atoms with Crippen molar-refractivity contribution in [2.24, 2.45) is 0 Å². The molecule has 116 valence electrons. The Morgan fingerprint density at radius 1 is 0.850 bits per heavy atom. The number of hydrogen-bond donors (Lipinski definition) is 0. The second-order valence-electron chi connectivity index (χ2n) is 5.20. The van der Waals surface area contributed by atoms with E-state index in [1.54, 1.807) is 6.92 Å². The van der Waals surface area contributed by atoms with Gasteiger partial charge in [0.1, 0.15) is 5.78 Å². The van der Waals surface area contributed by atoms with Gasteiger partial charge in [0.05, 0.1) is 0 Å². The minimum absolute atomic E-state index is 0.255. The molecule has 0 unspecified atom stereocenters. The molecule has 0 aliphatic carbocycles. The van der Waals surface area contributed by atoms with E-state index in [0.717, 1.165) is 0 Å². The number of carbonyl (C=O) groups is 1. The second kappa shape index (κ2) is 15.9. The molecule has 0 aliphatic heterocycles. The van der Waals surface area contributed by atoms with E-state index in [-0.39, 0.29) is 5.78 Å². The Morgan fingerprint density at radius 2 is 1.20 bits per heavy atom. The molecular formula is C19H34O. The van der Waals surface area contributed by atoms with E-state index in [0.29, 0.717) is 6.42 Å². The average molecular weight is 278 g/mol. The smallest absolute Gasteiger partial charge is 0.129 e. The van der Waals surface area contributed by atoms with Crippen molar-refractivity contribution in [1.82, 2.24) is 0 Å². The molecule has 0 bridgehead atoms. The minimum atomic E-state index is 0.255. The van der Waals surface area contributed by atoms with Crippen molar-refractivity contribution in [3.05, 3.63) is 35.4 Å². The highest BCUT2D eigenvalue weighted by Gasteiger charge is 1.84. The molecule has 0 atom stereocenters. The lowest BCUT2D eigenvalue weighted by molar-refractivity contribution is -0.116. The van der Waals surface area contributed by atoms with Gasteiger partial charge in [-0.15, -0.1) is 0 Å². The summed E-state index contributed by atoms with van der Waals surface area (Å²) in [6.45, 7) is 12.2. The summed E-state index contributed by atoms with van der Waals surface area (Å²) in [6.07, 6.45) is 7.68. The van der Waals surface area contributed by atoms with Crippen molar-refractivity contribution in [2.45, 2.75) is 80.1 Å². The molecule has 1 nitrogen and oxygen atoms in total. The van der Waals surface area contributed by atoms with E-state index < -0.39 is 0 Å². The second-order valence-corrected chi connectivity index (χ2v) is 5.20. The van der Waals surface area contributed by atoms with Crippen LogP contribution in [0.3, 0.4) is 0 Å².